The van der Waals surface area contributed by atoms with E-state index in [1.165, 1.54) is 24.4 Å². The van der Waals surface area contributed by atoms with Gasteiger partial charge >= 0.3 is 0 Å². The summed E-state index contributed by atoms with van der Waals surface area (Å²) in [7, 11) is 1.51. The van der Waals surface area contributed by atoms with E-state index in [-0.39, 0.29) is 25.0 Å². The van der Waals surface area contributed by atoms with E-state index in [4.69, 9.17) is 4.74 Å². The SMILES string of the molecule is CNC(=O)C1CN(C(=O)C(F)=CC2CCCCC2)CCO1. The Hall–Kier alpha value is -1.43. The number of ether oxygens (including phenoxy) is 1. The first kappa shape index (κ1) is 15.9. The van der Waals surface area contributed by atoms with Crippen molar-refractivity contribution < 1.29 is 18.7 Å². The van der Waals surface area contributed by atoms with Crippen LogP contribution in [0.25, 0.3) is 0 Å². The maximum absolute atomic E-state index is 14.1. The second kappa shape index (κ2) is 7.54. The lowest BCUT2D eigenvalue weighted by molar-refractivity contribution is -0.145. The summed E-state index contributed by atoms with van der Waals surface area (Å²) < 4.78 is 19.4. The van der Waals surface area contributed by atoms with Crippen LogP contribution < -0.4 is 5.32 Å². The minimum absolute atomic E-state index is 0.102. The first-order chi connectivity index (χ1) is 10.1. The van der Waals surface area contributed by atoms with Crippen molar-refractivity contribution in [1.29, 1.82) is 0 Å². The van der Waals surface area contributed by atoms with Crippen LogP contribution >= 0.6 is 0 Å². The van der Waals surface area contributed by atoms with E-state index in [2.05, 4.69) is 5.32 Å². The first-order valence-electron chi connectivity index (χ1n) is 7.61. The van der Waals surface area contributed by atoms with Crippen molar-refractivity contribution in [2.75, 3.05) is 26.7 Å². The molecule has 2 rings (SSSR count). The second-order valence-corrected chi connectivity index (χ2v) is 5.64. The standard InChI is InChI=1S/C15H23FN2O3/c1-17-14(19)13-10-18(7-8-21-13)15(20)12(16)9-11-5-3-2-4-6-11/h9,11,13H,2-8,10H2,1H3,(H,17,19). The fourth-order valence-corrected chi connectivity index (χ4v) is 2.88. The maximum Gasteiger partial charge on any atom is 0.282 e. The predicted octanol–water partition coefficient (Wildman–Crippen LogP) is 1.39. The molecule has 1 aliphatic heterocycles. The van der Waals surface area contributed by atoms with Gasteiger partial charge in [0.1, 0.15) is 0 Å². The van der Waals surface area contributed by atoms with Crippen LogP contribution in [-0.4, -0.2) is 49.6 Å². The zero-order valence-corrected chi connectivity index (χ0v) is 12.4. The van der Waals surface area contributed by atoms with Crippen molar-refractivity contribution in [2.45, 2.75) is 38.2 Å². The fourth-order valence-electron chi connectivity index (χ4n) is 2.88. The number of nitrogens with one attached hydrogen (secondary N) is 1. The summed E-state index contributed by atoms with van der Waals surface area (Å²) in [4.78, 5) is 25.0. The molecule has 118 valence electrons. The van der Waals surface area contributed by atoms with Crippen LogP contribution in [-0.2, 0) is 14.3 Å². The normalized spacial score (nSPS) is 24.8. The largest absolute Gasteiger partial charge is 0.365 e. The van der Waals surface area contributed by atoms with Gasteiger partial charge in [-0.3, -0.25) is 9.59 Å². The molecular weight excluding hydrogens is 275 g/mol. The topological polar surface area (TPSA) is 58.6 Å². The molecule has 1 unspecified atom stereocenters. The van der Waals surface area contributed by atoms with Crippen LogP contribution in [0.2, 0.25) is 0 Å². The Balaban J connectivity index is 1.94. The van der Waals surface area contributed by atoms with E-state index in [0.717, 1.165) is 25.7 Å². The Kier molecular flexibility index (Phi) is 5.73. The molecule has 0 aromatic rings. The lowest BCUT2D eigenvalue weighted by Crippen LogP contribution is -2.51. The zero-order valence-electron chi connectivity index (χ0n) is 12.4. The molecule has 2 aliphatic rings. The number of hydrogen-bond acceptors (Lipinski definition) is 3. The quantitative estimate of drug-likeness (QED) is 0.801. The average molecular weight is 298 g/mol. The second-order valence-electron chi connectivity index (χ2n) is 5.64. The van der Waals surface area contributed by atoms with Gasteiger partial charge in [-0.15, -0.1) is 0 Å². The third-order valence-corrected chi connectivity index (χ3v) is 4.13. The van der Waals surface area contributed by atoms with Crippen molar-refractivity contribution >= 4 is 11.8 Å². The van der Waals surface area contributed by atoms with E-state index in [9.17, 15) is 14.0 Å². The number of hydrogen-bond donors (Lipinski definition) is 1. The van der Waals surface area contributed by atoms with Crippen molar-refractivity contribution in [3.63, 3.8) is 0 Å². The molecule has 1 saturated heterocycles. The summed E-state index contributed by atoms with van der Waals surface area (Å²) in [6, 6.07) is 0. The summed E-state index contributed by atoms with van der Waals surface area (Å²) in [5.74, 6) is -1.44. The molecule has 21 heavy (non-hydrogen) atoms. The lowest BCUT2D eigenvalue weighted by atomic mass is 9.89. The number of amides is 2. The third-order valence-electron chi connectivity index (χ3n) is 4.13. The lowest BCUT2D eigenvalue weighted by Gasteiger charge is -2.31. The smallest absolute Gasteiger partial charge is 0.282 e. The van der Waals surface area contributed by atoms with Crippen molar-refractivity contribution in [1.82, 2.24) is 10.2 Å². The summed E-state index contributed by atoms with van der Waals surface area (Å²) in [6.07, 6.45) is 6.03. The van der Waals surface area contributed by atoms with Crippen LogP contribution in [0.1, 0.15) is 32.1 Å². The Morgan fingerprint density at radius 3 is 2.67 bits per heavy atom. The van der Waals surface area contributed by atoms with Gasteiger partial charge in [0.05, 0.1) is 13.2 Å². The van der Waals surface area contributed by atoms with E-state index in [0.29, 0.717) is 6.54 Å². The Morgan fingerprint density at radius 1 is 1.29 bits per heavy atom. The molecule has 0 aromatic heterocycles. The highest BCUT2D eigenvalue weighted by Gasteiger charge is 2.30. The van der Waals surface area contributed by atoms with Crippen LogP contribution in [0.5, 0.6) is 0 Å². The highest BCUT2D eigenvalue weighted by atomic mass is 19.1. The molecule has 5 nitrogen and oxygen atoms in total. The van der Waals surface area contributed by atoms with E-state index >= 15 is 0 Å². The monoisotopic (exact) mass is 298 g/mol. The number of morpholine rings is 1. The fraction of sp³-hybridized carbons (Fsp3) is 0.733. The van der Waals surface area contributed by atoms with Crippen LogP contribution in [0.4, 0.5) is 4.39 Å². The Morgan fingerprint density at radius 2 is 2.00 bits per heavy atom. The highest BCUT2D eigenvalue weighted by Crippen LogP contribution is 2.26. The minimum atomic E-state index is -0.713. The van der Waals surface area contributed by atoms with Gasteiger partial charge in [0.2, 0.25) is 0 Å². The van der Waals surface area contributed by atoms with Gasteiger partial charge < -0.3 is 15.0 Å². The van der Waals surface area contributed by atoms with Gasteiger partial charge in [-0.1, -0.05) is 19.3 Å². The average Bonchev–Trinajstić information content (AvgIpc) is 2.54. The molecule has 0 radical (unpaired) electrons. The van der Waals surface area contributed by atoms with Gasteiger partial charge in [-0.2, -0.15) is 0 Å². The summed E-state index contributed by atoms with van der Waals surface area (Å²) >= 11 is 0. The van der Waals surface area contributed by atoms with Gasteiger partial charge in [-0.25, -0.2) is 4.39 Å². The minimum Gasteiger partial charge on any atom is -0.365 e. The number of halogens is 1. The summed E-state index contributed by atoms with van der Waals surface area (Å²) in [5, 5.41) is 2.48. The number of rotatable bonds is 3. The molecule has 2 fully saturated rings. The summed E-state index contributed by atoms with van der Waals surface area (Å²) in [6.45, 7) is 0.670. The third kappa shape index (κ3) is 4.27. The van der Waals surface area contributed by atoms with Gasteiger partial charge in [-0.05, 0) is 24.8 Å². The van der Waals surface area contributed by atoms with Crippen molar-refractivity contribution in [3.8, 4) is 0 Å². The Bertz CT molecular complexity index is 419. The molecule has 6 heteroatoms. The number of carbonyl (C=O) groups excluding carboxylic acids is 2. The molecule has 1 saturated carbocycles. The van der Waals surface area contributed by atoms with Gasteiger partial charge in [0.15, 0.2) is 11.9 Å². The summed E-state index contributed by atoms with van der Waals surface area (Å²) in [5.41, 5.74) is 0. The zero-order chi connectivity index (χ0) is 15.2. The molecule has 0 aromatic carbocycles. The molecular formula is C15H23FN2O3. The number of allylic oxidation sites excluding steroid dienone is 1. The number of nitrogens with zero attached hydrogens (tertiary/aromatic N) is 1. The van der Waals surface area contributed by atoms with E-state index < -0.39 is 17.8 Å². The Labute approximate surface area is 124 Å². The van der Waals surface area contributed by atoms with E-state index in [1.807, 2.05) is 0 Å². The van der Waals surface area contributed by atoms with Crippen molar-refractivity contribution in [2.24, 2.45) is 5.92 Å². The highest BCUT2D eigenvalue weighted by molar-refractivity contribution is 5.92. The molecule has 2 amide bonds. The predicted molar refractivity (Wildman–Crippen MR) is 76.2 cm³/mol. The molecule has 1 N–H and O–H groups in total. The van der Waals surface area contributed by atoms with Crippen LogP contribution in [0, 0.1) is 5.92 Å². The molecule has 1 atom stereocenters. The van der Waals surface area contributed by atoms with Gasteiger partial charge in [0.25, 0.3) is 11.8 Å². The van der Waals surface area contributed by atoms with E-state index in [1.54, 1.807) is 0 Å². The van der Waals surface area contributed by atoms with Crippen LogP contribution in [0.15, 0.2) is 11.9 Å². The molecule has 0 bridgehead atoms. The van der Waals surface area contributed by atoms with Gasteiger partial charge in [0, 0.05) is 13.6 Å². The molecule has 1 aliphatic carbocycles. The maximum atomic E-state index is 14.1. The number of likely N-dealkylation sites (N-methyl/N-ethyl adjacent to an activating group) is 1. The molecule has 1 heterocycles. The van der Waals surface area contributed by atoms with Crippen LogP contribution in [0.3, 0.4) is 0 Å². The van der Waals surface area contributed by atoms with Crippen molar-refractivity contribution in [3.05, 3.63) is 11.9 Å². The number of carbonyl (C=O) groups is 2. The first-order valence-corrected chi connectivity index (χ1v) is 7.61. The molecule has 0 spiro atoms.